The van der Waals surface area contributed by atoms with E-state index in [9.17, 15) is 0 Å². The van der Waals surface area contributed by atoms with Crippen LogP contribution in [0.2, 0.25) is 0 Å². The van der Waals surface area contributed by atoms with Gasteiger partial charge in [0.25, 0.3) is 0 Å². The van der Waals surface area contributed by atoms with Crippen LogP contribution in [0.15, 0.2) is 0 Å². The third-order valence-electron chi connectivity index (χ3n) is 0. The summed E-state index contributed by atoms with van der Waals surface area (Å²) in [4.78, 5) is 0. The highest BCUT2D eigenvalue weighted by molar-refractivity contribution is 8.93. The number of halogens is 2. The van der Waals surface area contributed by atoms with Crippen LogP contribution in [0.4, 0.5) is 0 Å². The van der Waals surface area contributed by atoms with Gasteiger partial charge in [-0.2, -0.15) is 0 Å². The number of rotatable bonds is 0. The third-order valence-corrected chi connectivity index (χ3v) is 0. The molecule has 0 spiro atoms. The molecule has 0 N–H and O–H groups in total. The number of hydrogen-bond donors (Lipinski definition) is 1. The Labute approximate surface area is 73.5 Å². The SMILES string of the molecule is Br.Br.CC.[Al][SH]. The minimum atomic E-state index is 0. The van der Waals surface area contributed by atoms with Gasteiger partial charge in [0.2, 0.25) is 15.2 Å². The van der Waals surface area contributed by atoms with Crippen molar-refractivity contribution >= 4 is 60.1 Å². The Balaban J connectivity index is -0.00000000500. The van der Waals surface area contributed by atoms with Crippen molar-refractivity contribution in [1.29, 1.82) is 0 Å². The zero-order valence-electron chi connectivity index (χ0n) is 3.84. The molecule has 6 heavy (non-hydrogen) atoms. The summed E-state index contributed by atoms with van der Waals surface area (Å²) in [5.41, 5.74) is 0. The Hall–Kier alpha value is 1.84. The van der Waals surface area contributed by atoms with Gasteiger partial charge in [0, 0.05) is 0 Å². The largest absolute Gasteiger partial charge is 0.302 e. The minimum absolute atomic E-state index is 0. The van der Waals surface area contributed by atoms with E-state index < -0.39 is 0 Å². The Morgan fingerprint density at radius 2 is 1.00 bits per heavy atom. The van der Waals surface area contributed by atoms with Crippen molar-refractivity contribution in [3.8, 4) is 0 Å². The molecule has 0 nitrogen and oxygen atoms in total. The average molecular weight is 252 g/mol. The van der Waals surface area contributed by atoms with E-state index in [1.165, 1.54) is 0 Å². The van der Waals surface area contributed by atoms with Crippen molar-refractivity contribution in [3.05, 3.63) is 0 Å². The smallest absolute Gasteiger partial charge is 0.226 e. The lowest BCUT2D eigenvalue weighted by Gasteiger charge is -1.07. The molecule has 0 amide bonds. The van der Waals surface area contributed by atoms with Crippen molar-refractivity contribution < 1.29 is 0 Å². The van der Waals surface area contributed by atoms with Crippen LogP contribution in [-0.4, -0.2) is 15.2 Å². The van der Waals surface area contributed by atoms with Gasteiger partial charge in [-0.25, -0.2) is 0 Å². The fourth-order valence-electron chi connectivity index (χ4n) is 0. The fraction of sp³-hybridized carbons (Fsp3) is 1.00. The highest BCUT2D eigenvalue weighted by Crippen LogP contribution is 1.26. The highest BCUT2D eigenvalue weighted by atomic mass is 79.9. The molecule has 0 bridgehead atoms. The molecule has 0 heterocycles. The lowest BCUT2D eigenvalue weighted by Crippen LogP contribution is -0.991. The van der Waals surface area contributed by atoms with Gasteiger partial charge in [-0.1, -0.05) is 13.8 Å². The highest BCUT2D eigenvalue weighted by Gasteiger charge is 0.996. The molecule has 0 atom stereocenters. The maximum Gasteiger partial charge on any atom is 0.226 e. The van der Waals surface area contributed by atoms with E-state index in [-0.39, 0.29) is 34.0 Å². The van der Waals surface area contributed by atoms with E-state index in [1.807, 2.05) is 13.8 Å². The predicted octanol–water partition coefficient (Wildman–Crippen LogP) is 2.18. The Bertz CT molecular complexity index is 11.5. The molecule has 0 aromatic carbocycles. The molecular formula is C2H9AlBr2S. The summed E-state index contributed by atoms with van der Waals surface area (Å²) < 4.78 is 0. The van der Waals surface area contributed by atoms with Crippen LogP contribution < -0.4 is 0 Å². The molecule has 0 aliphatic rings. The zero-order valence-corrected chi connectivity index (χ0v) is 9.32. The van der Waals surface area contributed by atoms with Gasteiger partial charge < -0.3 is 11.0 Å². The molecule has 0 fully saturated rings. The van der Waals surface area contributed by atoms with Crippen LogP contribution in [0.5, 0.6) is 0 Å². The summed E-state index contributed by atoms with van der Waals surface area (Å²) in [6.45, 7) is 4.00. The molecule has 40 valence electrons. The summed E-state index contributed by atoms with van der Waals surface area (Å²) in [5.74, 6) is 0. The third kappa shape index (κ3) is 40.4. The lowest BCUT2D eigenvalue weighted by atomic mass is 11.0. The van der Waals surface area contributed by atoms with Crippen LogP contribution in [-0.2, 0) is 0 Å². The molecule has 0 aromatic rings. The van der Waals surface area contributed by atoms with Gasteiger partial charge in [0.15, 0.2) is 0 Å². The maximum absolute atomic E-state index is 3.44. The molecule has 0 rings (SSSR count). The monoisotopic (exact) mass is 250 g/mol. The Morgan fingerprint density at radius 3 is 1.00 bits per heavy atom. The average Bonchev–Trinajstić information content (AvgIpc) is 1.50. The summed E-state index contributed by atoms with van der Waals surface area (Å²) in [6.07, 6.45) is 0. The van der Waals surface area contributed by atoms with Gasteiger partial charge in [0.05, 0.1) is 0 Å². The Morgan fingerprint density at radius 1 is 1.00 bits per heavy atom. The summed E-state index contributed by atoms with van der Waals surface area (Å²) in [6, 6.07) is 0. The van der Waals surface area contributed by atoms with E-state index in [1.54, 1.807) is 0 Å². The van der Waals surface area contributed by atoms with Crippen LogP contribution in [0.3, 0.4) is 0 Å². The van der Waals surface area contributed by atoms with Crippen molar-refractivity contribution in [2.45, 2.75) is 13.8 Å². The summed E-state index contributed by atoms with van der Waals surface area (Å²) in [5, 5.41) is 0. The molecule has 0 saturated heterocycles. The molecule has 4 heteroatoms. The lowest BCUT2D eigenvalue weighted by molar-refractivity contribution is 1.50. The van der Waals surface area contributed by atoms with Crippen molar-refractivity contribution in [2.24, 2.45) is 0 Å². The molecule has 0 unspecified atom stereocenters. The normalized spacial score (nSPS) is 1.83. The predicted molar refractivity (Wildman–Crippen MR) is 46.7 cm³/mol. The van der Waals surface area contributed by atoms with Crippen molar-refractivity contribution in [3.63, 3.8) is 0 Å². The van der Waals surface area contributed by atoms with Crippen LogP contribution in [0.25, 0.3) is 0 Å². The van der Waals surface area contributed by atoms with Crippen molar-refractivity contribution in [1.82, 2.24) is 0 Å². The molecule has 0 saturated carbocycles. The second-order valence-corrected chi connectivity index (χ2v) is 0. The standard InChI is InChI=1S/C2H6.Al.2BrH.H2S/c1-2;;;;/h1-2H3;;2*1H;1H2/q;+1;;;/p-1. The van der Waals surface area contributed by atoms with Crippen LogP contribution in [0, 0.1) is 0 Å². The number of hydrogen-bond acceptors (Lipinski definition) is 1. The zero-order chi connectivity index (χ0) is 4.00. The quantitative estimate of drug-likeness (QED) is 0.495. The first kappa shape index (κ1) is 24.9. The first-order chi connectivity index (χ1) is 2.00. The summed E-state index contributed by atoms with van der Waals surface area (Å²) >= 11 is 2.11. The fourth-order valence-corrected chi connectivity index (χ4v) is 0. The maximum atomic E-state index is 3.44. The van der Waals surface area contributed by atoms with E-state index in [4.69, 9.17) is 0 Å². The second-order valence-electron chi connectivity index (χ2n) is 0. The van der Waals surface area contributed by atoms with Gasteiger partial charge >= 0.3 is 0 Å². The topological polar surface area (TPSA) is 0 Å². The molecule has 0 aromatic heterocycles. The minimum Gasteiger partial charge on any atom is -0.302 e. The van der Waals surface area contributed by atoms with Gasteiger partial charge in [-0.3, -0.25) is 0 Å². The number of thiol groups is 1. The van der Waals surface area contributed by atoms with Gasteiger partial charge in [0.1, 0.15) is 0 Å². The first-order valence-electron chi connectivity index (χ1n) is 1.26. The van der Waals surface area contributed by atoms with Gasteiger partial charge in [-0.15, -0.1) is 34.0 Å². The molecule has 2 radical (unpaired) electrons. The van der Waals surface area contributed by atoms with E-state index in [2.05, 4.69) is 26.2 Å². The van der Waals surface area contributed by atoms with Gasteiger partial charge in [-0.05, 0) is 0 Å². The van der Waals surface area contributed by atoms with E-state index in [0.717, 1.165) is 0 Å². The Kier molecular flexibility index (Phi) is 285. The van der Waals surface area contributed by atoms with Crippen molar-refractivity contribution in [2.75, 3.05) is 0 Å². The van der Waals surface area contributed by atoms with Crippen LogP contribution >= 0.6 is 45.0 Å². The van der Waals surface area contributed by atoms with E-state index >= 15 is 0 Å². The first-order valence-corrected chi connectivity index (χ1v) is 3.32. The van der Waals surface area contributed by atoms with Crippen LogP contribution in [0.1, 0.15) is 13.8 Å². The molecule has 0 aliphatic carbocycles. The molecular weight excluding hydrogens is 243 g/mol. The van der Waals surface area contributed by atoms with E-state index in [0.29, 0.717) is 0 Å². The summed E-state index contributed by atoms with van der Waals surface area (Å²) in [7, 11) is 3.44. The second kappa shape index (κ2) is 68.8. The molecule has 0 aliphatic heterocycles.